The summed E-state index contributed by atoms with van der Waals surface area (Å²) in [6, 6.07) is 0.306. The molecule has 1 aromatic heterocycles. The summed E-state index contributed by atoms with van der Waals surface area (Å²) in [6.45, 7) is 7.60. The van der Waals surface area contributed by atoms with Gasteiger partial charge in [-0.3, -0.25) is 14.5 Å². The molecule has 2 heterocycles. The zero-order valence-electron chi connectivity index (χ0n) is 18.4. The second-order valence-corrected chi connectivity index (χ2v) is 8.27. The Morgan fingerprint density at radius 3 is 2.47 bits per heavy atom. The molecule has 1 aliphatic rings. The van der Waals surface area contributed by atoms with Crippen LogP contribution in [-0.4, -0.2) is 80.3 Å². The minimum Gasteiger partial charge on any atom is -0.391 e. The van der Waals surface area contributed by atoms with Crippen LogP contribution in [0.5, 0.6) is 0 Å². The molecular formula is C21H33N5O4. The molecule has 0 saturated carbocycles. The number of aromatic nitrogens is 2. The SMILES string of the molecule is CC(C)C(=O)N1CCCC1(C=O)C(C)N(C)[C@H](C(=O)NCc1ncccn1)[C@@H](C)O. The van der Waals surface area contributed by atoms with Gasteiger partial charge in [-0.15, -0.1) is 0 Å². The van der Waals surface area contributed by atoms with Crippen molar-refractivity contribution in [2.45, 2.75) is 70.8 Å². The molecule has 2 unspecified atom stereocenters. The Kier molecular flexibility index (Phi) is 8.03. The van der Waals surface area contributed by atoms with Crippen molar-refractivity contribution in [2.75, 3.05) is 13.6 Å². The fraction of sp³-hybridized carbons (Fsp3) is 0.667. The normalized spacial score (nSPS) is 22.1. The third kappa shape index (κ3) is 4.84. The van der Waals surface area contributed by atoms with E-state index in [9.17, 15) is 19.5 Å². The summed E-state index contributed by atoms with van der Waals surface area (Å²) in [5, 5.41) is 13.1. The first-order chi connectivity index (χ1) is 14.2. The summed E-state index contributed by atoms with van der Waals surface area (Å²) < 4.78 is 0. The molecule has 2 rings (SSSR count). The zero-order valence-corrected chi connectivity index (χ0v) is 18.4. The smallest absolute Gasteiger partial charge is 0.240 e. The number of carbonyl (C=O) groups excluding carboxylic acids is 3. The van der Waals surface area contributed by atoms with Gasteiger partial charge in [0, 0.05) is 30.9 Å². The van der Waals surface area contributed by atoms with Crippen molar-refractivity contribution in [3.63, 3.8) is 0 Å². The molecule has 9 nitrogen and oxygen atoms in total. The van der Waals surface area contributed by atoms with E-state index in [4.69, 9.17) is 0 Å². The molecule has 0 aromatic carbocycles. The van der Waals surface area contributed by atoms with Gasteiger partial charge in [0.2, 0.25) is 11.8 Å². The summed E-state index contributed by atoms with van der Waals surface area (Å²) in [5.74, 6) is -0.256. The maximum atomic E-state index is 12.9. The first-order valence-electron chi connectivity index (χ1n) is 10.4. The fourth-order valence-corrected chi connectivity index (χ4v) is 4.18. The Bertz CT molecular complexity index is 742. The lowest BCUT2D eigenvalue weighted by Crippen LogP contribution is -2.65. The highest BCUT2D eigenvalue weighted by molar-refractivity contribution is 5.85. The first kappa shape index (κ1) is 23.9. The van der Waals surface area contributed by atoms with Crippen molar-refractivity contribution >= 4 is 18.1 Å². The maximum absolute atomic E-state index is 12.9. The lowest BCUT2D eigenvalue weighted by molar-refractivity contribution is -0.147. The molecule has 2 amide bonds. The minimum absolute atomic E-state index is 0.0841. The standard InChI is InChI=1S/C21H33N5O4/c1-14(2)20(30)26-11-6-8-21(26,13-27)16(4)25(5)18(15(3)28)19(29)24-12-17-22-9-7-10-23-17/h7,9-10,13-16,18,28H,6,8,11-12H2,1-5H3,(H,24,29)/t15-,16?,18+,21?/m1/s1. The van der Waals surface area contributed by atoms with Crippen LogP contribution in [0.3, 0.4) is 0 Å². The molecule has 4 atom stereocenters. The van der Waals surface area contributed by atoms with Crippen molar-refractivity contribution in [1.82, 2.24) is 25.1 Å². The number of hydrogen-bond donors (Lipinski definition) is 2. The van der Waals surface area contributed by atoms with Crippen LogP contribution in [0, 0.1) is 5.92 Å². The predicted octanol–water partition coefficient (Wildman–Crippen LogP) is 0.379. The zero-order chi connectivity index (χ0) is 22.5. The maximum Gasteiger partial charge on any atom is 0.240 e. The summed E-state index contributed by atoms with van der Waals surface area (Å²) in [6.07, 6.45) is 4.25. The minimum atomic E-state index is -1.04. The van der Waals surface area contributed by atoms with Gasteiger partial charge in [-0.2, -0.15) is 0 Å². The van der Waals surface area contributed by atoms with Crippen molar-refractivity contribution in [2.24, 2.45) is 5.92 Å². The van der Waals surface area contributed by atoms with E-state index in [2.05, 4.69) is 15.3 Å². The average molecular weight is 420 g/mol. The Morgan fingerprint density at radius 2 is 1.93 bits per heavy atom. The second-order valence-electron chi connectivity index (χ2n) is 8.27. The van der Waals surface area contributed by atoms with Gasteiger partial charge < -0.3 is 20.1 Å². The molecule has 0 aliphatic carbocycles. The number of nitrogens with one attached hydrogen (secondary N) is 1. The number of aliphatic hydroxyl groups is 1. The molecule has 2 N–H and O–H groups in total. The third-order valence-electron chi connectivity index (χ3n) is 5.96. The van der Waals surface area contributed by atoms with Crippen LogP contribution >= 0.6 is 0 Å². The second kappa shape index (κ2) is 10.1. The molecular weight excluding hydrogens is 386 g/mol. The van der Waals surface area contributed by atoms with Crippen LogP contribution in [0.15, 0.2) is 18.5 Å². The Balaban J connectivity index is 2.22. The monoisotopic (exact) mass is 419 g/mol. The predicted molar refractivity (Wildman–Crippen MR) is 111 cm³/mol. The van der Waals surface area contributed by atoms with Gasteiger partial charge in [0.05, 0.1) is 12.6 Å². The van der Waals surface area contributed by atoms with Crippen molar-refractivity contribution in [3.05, 3.63) is 24.3 Å². The fourth-order valence-electron chi connectivity index (χ4n) is 4.18. The number of rotatable bonds is 9. The molecule has 1 aromatic rings. The van der Waals surface area contributed by atoms with E-state index < -0.39 is 29.6 Å². The molecule has 1 fully saturated rings. The van der Waals surface area contributed by atoms with E-state index in [1.54, 1.807) is 35.3 Å². The summed E-state index contributed by atoms with van der Waals surface area (Å²) in [7, 11) is 1.70. The van der Waals surface area contributed by atoms with Crippen LogP contribution in [0.25, 0.3) is 0 Å². The first-order valence-corrected chi connectivity index (χ1v) is 10.4. The molecule has 9 heteroatoms. The Morgan fingerprint density at radius 1 is 1.30 bits per heavy atom. The topological polar surface area (TPSA) is 116 Å². The van der Waals surface area contributed by atoms with E-state index in [1.165, 1.54) is 6.92 Å². The largest absolute Gasteiger partial charge is 0.391 e. The molecule has 1 saturated heterocycles. The lowest BCUT2D eigenvalue weighted by atomic mass is 9.86. The number of nitrogens with zero attached hydrogens (tertiary/aromatic N) is 4. The number of hydrogen-bond acceptors (Lipinski definition) is 7. The van der Waals surface area contributed by atoms with Crippen LogP contribution in [0.1, 0.15) is 46.4 Å². The van der Waals surface area contributed by atoms with Crippen LogP contribution in [0.2, 0.25) is 0 Å². The number of aliphatic hydroxyl groups excluding tert-OH is 1. The van der Waals surface area contributed by atoms with Crippen molar-refractivity contribution < 1.29 is 19.5 Å². The van der Waals surface area contributed by atoms with Crippen molar-refractivity contribution in [1.29, 1.82) is 0 Å². The highest BCUT2D eigenvalue weighted by atomic mass is 16.3. The third-order valence-corrected chi connectivity index (χ3v) is 5.96. The molecule has 0 spiro atoms. The lowest BCUT2D eigenvalue weighted by Gasteiger charge is -2.45. The van der Waals surface area contributed by atoms with Gasteiger partial charge >= 0.3 is 0 Å². The summed E-state index contributed by atoms with van der Waals surface area (Å²) in [4.78, 5) is 49.4. The summed E-state index contributed by atoms with van der Waals surface area (Å²) in [5.41, 5.74) is -1.04. The summed E-state index contributed by atoms with van der Waals surface area (Å²) >= 11 is 0. The highest BCUT2D eigenvalue weighted by Gasteiger charge is 2.51. The van der Waals surface area contributed by atoms with Gasteiger partial charge in [0.1, 0.15) is 23.7 Å². The number of likely N-dealkylation sites (tertiary alicyclic amines) is 1. The number of likely N-dealkylation sites (N-methyl/N-ethyl adjacent to an activating group) is 1. The van der Waals surface area contributed by atoms with Gasteiger partial charge in [-0.1, -0.05) is 13.8 Å². The van der Waals surface area contributed by atoms with E-state index >= 15 is 0 Å². The number of amides is 2. The molecule has 1 aliphatic heterocycles. The Labute approximate surface area is 177 Å². The quantitative estimate of drug-likeness (QED) is 0.556. The van der Waals surface area contributed by atoms with Crippen molar-refractivity contribution in [3.8, 4) is 0 Å². The van der Waals surface area contributed by atoms with Gasteiger partial charge in [0.25, 0.3) is 0 Å². The number of aldehydes is 1. The van der Waals surface area contributed by atoms with Crippen LogP contribution in [0.4, 0.5) is 0 Å². The van der Waals surface area contributed by atoms with Gasteiger partial charge in [0.15, 0.2) is 0 Å². The Hall–Kier alpha value is -2.39. The molecule has 30 heavy (non-hydrogen) atoms. The molecule has 166 valence electrons. The van der Waals surface area contributed by atoms with Crippen LogP contribution < -0.4 is 5.32 Å². The highest BCUT2D eigenvalue weighted by Crippen LogP contribution is 2.35. The molecule has 0 bridgehead atoms. The van der Waals surface area contributed by atoms with E-state index in [1.807, 2.05) is 20.8 Å². The van der Waals surface area contributed by atoms with E-state index in [0.717, 1.165) is 6.29 Å². The van der Waals surface area contributed by atoms with Gasteiger partial charge in [-0.25, -0.2) is 9.97 Å². The average Bonchev–Trinajstić information content (AvgIpc) is 3.16. The number of carbonyl (C=O) groups is 3. The van der Waals surface area contributed by atoms with E-state index in [0.29, 0.717) is 25.2 Å². The molecule has 0 radical (unpaired) electrons. The van der Waals surface area contributed by atoms with Crippen LogP contribution in [-0.2, 0) is 20.9 Å². The van der Waals surface area contributed by atoms with E-state index in [-0.39, 0.29) is 18.4 Å². The van der Waals surface area contributed by atoms with Gasteiger partial charge in [-0.05, 0) is 39.8 Å².